The van der Waals surface area contributed by atoms with E-state index in [1.807, 2.05) is 27.7 Å². The summed E-state index contributed by atoms with van der Waals surface area (Å²) in [4.78, 5) is 0. The van der Waals surface area contributed by atoms with Crippen LogP contribution in [0.1, 0.15) is 33.3 Å². The average molecular weight is 381 g/mol. The molecule has 0 aromatic heterocycles. The van der Waals surface area contributed by atoms with Crippen molar-refractivity contribution in [2.24, 2.45) is 0 Å². The molecule has 1 fully saturated rings. The van der Waals surface area contributed by atoms with Crippen molar-refractivity contribution in [3.8, 4) is 5.75 Å². The van der Waals surface area contributed by atoms with Gasteiger partial charge in [0, 0.05) is 0 Å². The summed E-state index contributed by atoms with van der Waals surface area (Å²) in [7, 11) is -0.645. The Balaban J connectivity index is 1.71. The molecule has 0 N–H and O–H groups in total. The standard InChI is InChI=1S/C19H20BClF2O3/c1-18(2)19(3,4)26-20(25-18)13-6-8-17(16(23)10-13)24-11-12-5-7-14(21)15(22)9-12/h5-10H,11H2,1-4H3. The zero-order valence-electron chi connectivity index (χ0n) is 15.1. The van der Waals surface area contributed by atoms with E-state index in [1.54, 1.807) is 12.1 Å². The van der Waals surface area contributed by atoms with Crippen LogP contribution in [0.5, 0.6) is 5.75 Å². The largest absolute Gasteiger partial charge is 0.494 e. The fourth-order valence-electron chi connectivity index (χ4n) is 2.55. The summed E-state index contributed by atoms with van der Waals surface area (Å²) in [6.45, 7) is 7.77. The van der Waals surface area contributed by atoms with Gasteiger partial charge in [0.2, 0.25) is 0 Å². The van der Waals surface area contributed by atoms with Crippen molar-refractivity contribution in [3.63, 3.8) is 0 Å². The minimum absolute atomic E-state index is 0.0286. The molecule has 1 saturated heterocycles. The molecule has 0 radical (unpaired) electrons. The fraction of sp³-hybridized carbons (Fsp3) is 0.368. The van der Waals surface area contributed by atoms with Crippen LogP contribution >= 0.6 is 11.6 Å². The number of ether oxygens (including phenoxy) is 1. The van der Waals surface area contributed by atoms with Crippen molar-refractivity contribution >= 4 is 24.2 Å². The van der Waals surface area contributed by atoms with Gasteiger partial charge < -0.3 is 14.0 Å². The maximum absolute atomic E-state index is 14.4. The summed E-state index contributed by atoms with van der Waals surface area (Å²) < 4.78 is 45.1. The molecule has 138 valence electrons. The van der Waals surface area contributed by atoms with E-state index in [0.717, 1.165) is 0 Å². The Morgan fingerprint density at radius 2 is 1.62 bits per heavy atom. The summed E-state index contributed by atoms with van der Waals surface area (Å²) in [6, 6.07) is 8.87. The molecule has 3 rings (SSSR count). The lowest BCUT2D eigenvalue weighted by Gasteiger charge is -2.32. The lowest BCUT2D eigenvalue weighted by molar-refractivity contribution is 0.00578. The van der Waals surface area contributed by atoms with Crippen LogP contribution < -0.4 is 10.2 Å². The SMILES string of the molecule is CC1(C)OB(c2ccc(OCc3ccc(Cl)c(F)c3)c(F)c2)OC1(C)C. The highest BCUT2D eigenvalue weighted by atomic mass is 35.5. The predicted molar refractivity (Wildman–Crippen MR) is 97.9 cm³/mol. The first-order valence-corrected chi connectivity index (χ1v) is 8.69. The first-order chi connectivity index (χ1) is 12.1. The van der Waals surface area contributed by atoms with Crippen LogP contribution in [-0.2, 0) is 15.9 Å². The molecule has 0 atom stereocenters. The highest BCUT2D eigenvalue weighted by molar-refractivity contribution is 6.62. The van der Waals surface area contributed by atoms with Gasteiger partial charge in [0.1, 0.15) is 12.4 Å². The quantitative estimate of drug-likeness (QED) is 0.731. The monoisotopic (exact) mass is 380 g/mol. The Kier molecular flexibility index (Phi) is 5.03. The Morgan fingerprint density at radius 3 is 2.19 bits per heavy atom. The van der Waals surface area contributed by atoms with E-state index < -0.39 is 30.0 Å². The highest BCUT2D eigenvalue weighted by Gasteiger charge is 2.51. The zero-order chi connectivity index (χ0) is 19.1. The Hall–Kier alpha value is -1.63. The van der Waals surface area contributed by atoms with Gasteiger partial charge in [-0.05, 0) is 63.0 Å². The fourth-order valence-corrected chi connectivity index (χ4v) is 2.67. The van der Waals surface area contributed by atoms with Crippen molar-refractivity contribution in [2.45, 2.75) is 45.5 Å². The molecule has 0 spiro atoms. The van der Waals surface area contributed by atoms with E-state index in [-0.39, 0.29) is 17.4 Å². The molecule has 0 unspecified atom stereocenters. The predicted octanol–water partition coefficient (Wildman–Crippen LogP) is 4.50. The van der Waals surface area contributed by atoms with E-state index >= 15 is 0 Å². The summed E-state index contributed by atoms with van der Waals surface area (Å²) in [5.74, 6) is -1.00. The average Bonchev–Trinajstić information content (AvgIpc) is 2.77. The Labute approximate surface area is 157 Å². The lowest BCUT2D eigenvalue weighted by atomic mass is 9.79. The van der Waals surface area contributed by atoms with E-state index in [4.69, 9.17) is 25.6 Å². The second kappa shape index (κ2) is 6.84. The van der Waals surface area contributed by atoms with E-state index in [2.05, 4.69) is 0 Å². The normalized spacial score (nSPS) is 18.2. The van der Waals surface area contributed by atoms with Crippen LogP contribution in [0.2, 0.25) is 5.02 Å². The number of hydrogen-bond acceptors (Lipinski definition) is 3. The molecule has 26 heavy (non-hydrogen) atoms. The van der Waals surface area contributed by atoms with Crippen molar-refractivity contribution < 1.29 is 22.8 Å². The molecule has 1 heterocycles. The molecule has 0 aliphatic carbocycles. The molecule has 7 heteroatoms. The summed E-state index contributed by atoms with van der Waals surface area (Å²) in [5, 5.41) is 0.0340. The van der Waals surface area contributed by atoms with Gasteiger partial charge in [-0.2, -0.15) is 0 Å². The van der Waals surface area contributed by atoms with Crippen LogP contribution in [0.15, 0.2) is 36.4 Å². The smallest absolute Gasteiger partial charge is 0.486 e. The van der Waals surface area contributed by atoms with Crippen molar-refractivity contribution in [1.82, 2.24) is 0 Å². The van der Waals surface area contributed by atoms with Crippen LogP contribution in [0.3, 0.4) is 0 Å². The first kappa shape index (κ1) is 19.1. The summed E-state index contributed by atoms with van der Waals surface area (Å²) >= 11 is 5.64. The topological polar surface area (TPSA) is 27.7 Å². The van der Waals surface area contributed by atoms with Gasteiger partial charge in [-0.15, -0.1) is 0 Å². The lowest BCUT2D eigenvalue weighted by Crippen LogP contribution is -2.41. The van der Waals surface area contributed by atoms with Crippen LogP contribution in [0, 0.1) is 11.6 Å². The number of hydrogen-bond donors (Lipinski definition) is 0. The molecular weight excluding hydrogens is 360 g/mol. The Bertz CT molecular complexity index is 810. The summed E-state index contributed by atoms with van der Waals surface area (Å²) in [6.07, 6.45) is 0. The Morgan fingerprint density at radius 1 is 0.962 bits per heavy atom. The number of benzene rings is 2. The van der Waals surface area contributed by atoms with Gasteiger partial charge >= 0.3 is 7.12 Å². The third kappa shape index (κ3) is 3.73. The molecule has 3 nitrogen and oxygen atoms in total. The van der Waals surface area contributed by atoms with Crippen LogP contribution in [0.25, 0.3) is 0 Å². The van der Waals surface area contributed by atoms with Crippen molar-refractivity contribution in [2.75, 3.05) is 0 Å². The molecular formula is C19H20BClF2O3. The minimum Gasteiger partial charge on any atom is -0.486 e. The van der Waals surface area contributed by atoms with Crippen LogP contribution in [-0.4, -0.2) is 18.3 Å². The van der Waals surface area contributed by atoms with Gasteiger partial charge in [0.05, 0.1) is 16.2 Å². The van der Waals surface area contributed by atoms with Crippen molar-refractivity contribution in [1.29, 1.82) is 0 Å². The first-order valence-electron chi connectivity index (χ1n) is 8.31. The van der Waals surface area contributed by atoms with E-state index in [9.17, 15) is 8.78 Å². The second-order valence-corrected chi connectivity index (χ2v) is 7.72. The molecule has 0 saturated carbocycles. The number of rotatable bonds is 4. The number of halogens is 3. The van der Waals surface area contributed by atoms with Gasteiger partial charge in [-0.1, -0.05) is 23.7 Å². The highest BCUT2D eigenvalue weighted by Crippen LogP contribution is 2.36. The van der Waals surface area contributed by atoms with Crippen LogP contribution in [0.4, 0.5) is 8.78 Å². The van der Waals surface area contributed by atoms with Gasteiger partial charge in [-0.25, -0.2) is 8.78 Å². The van der Waals surface area contributed by atoms with E-state index in [1.165, 1.54) is 24.3 Å². The van der Waals surface area contributed by atoms with Gasteiger partial charge in [-0.3, -0.25) is 0 Å². The molecule has 2 aromatic rings. The summed E-state index contributed by atoms with van der Waals surface area (Å²) in [5.41, 5.74) is 0.136. The third-order valence-corrected chi connectivity index (χ3v) is 5.17. The molecule has 2 aromatic carbocycles. The third-order valence-electron chi connectivity index (χ3n) is 4.86. The van der Waals surface area contributed by atoms with Gasteiger partial charge in [0.25, 0.3) is 0 Å². The van der Waals surface area contributed by atoms with Crippen molar-refractivity contribution in [3.05, 3.63) is 58.6 Å². The maximum Gasteiger partial charge on any atom is 0.494 e. The van der Waals surface area contributed by atoms with E-state index in [0.29, 0.717) is 11.0 Å². The second-order valence-electron chi connectivity index (χ2n) is 7.32. The zero-order valence-corrected chi connectivity index (χ0v) is 15.9. The molecule has 1 aliphatic heterocycles. The minimum atomic E-state index is -0.645. The maximum atomic E-state index is 14.4. The molecule has 0 bridgehead atoms. The van der Waals surface area contributed by atoms with Gasteiger partial charge in [0.15, 0.2) is 11.6 Å². The molecule has 1 aliphatic rings. The molecule has 0 amide bonds.